The van der Waals surface area contributed by atoms with Crippen LogP contribution in [0, 0.1) is 0 Å². The van der Waals surface area contributed by atoms with E-state index >= 15 is 0 Å². The van der Waals surface area contributed by atoms with E-state index in [2.05, 4.69) is 0 Å². The van der Waals surface area contributed by atoms with Crippen molar-refractivity contribution in [1.29, 1.82) is 0 Å². The zero-order valence-electron chi connectivity index (χ0n) is 14.5. The summed E-state index contributed by atoms with van der Waals surface area (Å²) in [6.45, 7) is 4.09. The van der Waals surface area contributed by atoms with Crippen LogP contribution in [-0.2, 0) is 4.79 Å². The highest BCUT2D eigenvalue weighted by atomic mass is 16.5. The summed E-state index contributed by atoms with van der Waals surface area (Å²) in [6.07, 6.45) is 5.59. The van der Waals surface area contributed by atoms with Crippen LogP contribution in [0.25, 0.3) is 6.08 Å². The fourth-order valence-electron chi connectivity index (χ4n) is 2.66. The zero-order valence-corrected chi connectivity index (χ0v) is 14.5. The average Bonchev–Trinajstić information content (AvgIpc) is 3.36. The van der Waals surface area contributed by atoms with Gasteiger partial charge in [-0.15, -0.1) is 0 Å². The fraction of sp³-hybridized carbons (Fsp3) is 0.500. The molecule has 2 rings (SSSR count). The van der Waals surface area contributed by atoms with Gasteiger partial charge in [-0.3, -0.25) is 4.79 Å². The summed E-state index contributed by atoms with van der Waals surface area (Å²) in [5.74, 6) is 1.72. The highest BCUT2D eigenvalue weighted by Gasteiger charge is 2.33. The molecular weight excluding hydrogens is 294 g/mol. The van der Waals surface area contributed by atoms with Gasteiger partial charge < -0.3 is 19.1 Å². The number of methoxy groups -OCH3 is 3. The van der Waals surface area contributed by atoms with E-state index in [1.165, 1.54) is 0 Å². The average molecular weight is 319 g/mol. The van der Waals surface area contributed by atoms with Crippen molar-refractivity contribution >= 4 is 12.0 Å². The standard InChI is InChI=1S/C18H25NO4/c1-12(2)19(14-7-8-14)17(20)9-6-13-10-15(21-3)18(23-5)16(11-13)22-4/h6,9-12,14H,7-8H2,1-5H3/b9-6+. The van der Waals surface area contributed by atoms with Crippen LogP contribution in [0.5, 0.6) is 17.2 Å². The van der Waals surface area contributed by atoms with Gasteiger partial charge in [-0.1, -0.05) is 0 Å². The van der Waals surface area contributed by atoms with Crippen LogP contribution in [0.1, 0.15) is 32.3 Å². The topological polar surface area (TPSA) is 48.0 Å². The third kappa shape index (κ3) is 3.97. The first-order valence-corrected chi connectivity index (χ1v) is 7.82. The molecule has 0 N–H and O–H groups in total. The van der Waals surface area contributed by atoms with Crippen LogP contribution < -0.4 is 14.2 Å². The van der Waals surface area contributed by atoms with E-state index in [9.17, 15) is 4.79 Å². The lowest BCUT2D eigenvalue weighted by atomic mass is 10.1. The molecule has 0 unspecified atom stereocenters. The molecule has 0 heterocycles. The van der Waals surface area contributed by atoms with Gasteiger partial charge in [0.2, 0.25) is 11.7 Å². The van der Waals surface area contributed by atoms with Crippen LogP contribution in [0.4, 0.5) is 0 Å². The molecule has 0 radical (unpaired) electrons. The summed E-state index contributed by atoms with van der Waals surface area (Å²) in [4.78, 5) is 14.4. The summed E-state index contributed by atoms with van der Waals surface area (Å²) >= 11 is 0. The Bertz CT molecular complexity index is 564. The van der Waals surface area contributed by atoms with Gasteiger partial charge in [0.1, 0.15) is 0 Å². The fourth-order valence-corrected chi connectivity index (χ4v) is 2.66. The third-order valence-corrected chi connectivity index (χ3v) is 3.86. The number of ether oxygens (including phenoxy) is 3. The zero-order chi connectivity index (χ0) is 17.0. The first kappa shape index (κ1) is 17.2. The molecule has 0 bridgehead atoms. The van der Waals surface area contributed by atoms with Crippen molar-refractivity contribution in [2.75, 3.05) is 21.3 Å². The Morgan fingerprint density at radius 3 is 2.09 bits per heavy atom. The molecule has 5 heteroatoms. The quantitative estimate of drug-likeness (QED) is 0.725. The molecule has 23 heavy (non-hydrogen) atoms. The molecule has 1 fully saturated rings. The number of benzene rings is 1. The molecule has 1 amide bonds. The summed E-state index contributed by atoms with van der Waals surface area (Å²) in [5, 5.41) is 0. The second kappa shape index (κ2) is 7.40. The van der Waals surface area contributed by atoms with Gasteiger partial charge in [0.05, 0.1) is 21.3 Å². The van der Waals surface area contributed by atoms with Crippen LogP contribution in [0.15, 0.2) is 18.2 Å². The molecule has 5 nitrogen and oxygen atoms in total. The second-order valence-corrected chi connectivity index (χ2v) is 5.86. The van der Waals surface area contributed by atoms with Crippen molar-refractivity contribution in [3.8, 4) is 17.2 Å². The van der Waals surface area contributed by atoms with Gasteiger partial charge in [0.15, 0.2) is 11.5 Å². The minimum absolute atomic E-state index is 0.0382. The lowest BCUT2D eigenvalue weighted by molar-refractivity contribution is -0.128. The summed E-state index contributed by atoms with van der Waals surface area (Å²) < 4.78 is 16.0. The Hall–Kier alpha value is -2.17. The Kier molecular flexibility index (Phi) is 5.53. The molecule has 0 atom stereocenters. The SMILES string of the molecule is COc1cc(/C=C/C(=O)N(C(C)C)C2CC2)cc(OC)c1OC. The number of nitrogens with zero attached hydrogens (tertiary/aromatic N) is 1. The van der Waals surface area contributed by atoms with Crippen molar-refractivity contribution in [3.63, 3.8) is 0 Å². The molecule has 0 aliphatic heterocycles. The van der Waals surface area contributed by atoms with E-state index in [1.54, 1.807) is 33.5 Å². The van der Waals surface area contributed by atoms with E-state index in [1.807, 2.05) is 30.9 Å². The van der Waals surface area contributed by atoms with Gasteiger partial charge in [0, 0.05) is 18.2 Å². The van der Waals surface area contributed by atoms with Crippen molar-refractivity contribution in [3.05, 3.63) is 23.8 Å². The van der Waals surface area contributed by atoms with Gasteiger partial charge in [-0.2, -0.15) is 0 Å². The van der Waals surface area contributed by atoms with Gasteiger partial charge in [-0.25, -0.2) is 0 Å². The minimum Gasteiger partial charge on any atom is -0.493 e. The number of carbonyl (C=O) groups excluding carboxylic acids is 1. The molecule has 1 aliphatic carbocycles. The molecule has 1 aliphatic rings. The number of rotatable bonds is 7. The van der Waals surface area contributed by atoms with Gasteiger partial charge in [-0.05, 0) is 50.5 Å². The van der Waals surface area contributed by atoms with Crippen molar-refractivity contribution < 1.29 is 19.0 Å². The number of hydrogen-bond donors (Lipinski definition) is 0. The molecular formula is C18H25NO4. The molecule has 1 aromatic carbocycles. The predicted molar refractivity (Wildman–Crippen MR) is 90.1 cm³/mol. The highest BCUT2D eigenvalue weighted by molar-refractivity contribution is 5.92. The van der Waals surface area contributed by atoms with Crippen LogP contribution >= 0.6 is 0 Å². The summed E-state index contributed by atoms with van der Waals surface area (Å²) in [6, 6.07) is 4.25. The predicted octanol–water partition coefficient (Wildman–Crippen LogP) is 3.13. The third-order valence-electron chi connectivity index (χ3n) is 3.86. The Morgan fingerprint density at radius 2 is 1.70 bits per heavy atom. The smallest absolute Gasteiger partial charge is 0.247 e. The van der Waals surface area contributed by atoms with Gasteiger partial charge in [0.25, 0.3) is 0 Å². The van der Waals surface area contributed by atoms with E-state index in [4.69, 9.17) is 14.2 Å². The lowest BCUT2D eigenvalue weighted by Crippen LogP contribution is -2.37. The largest absolute Gasteiger partial charge is 0.493 e. The Morgan fingerprint density at radius 1 is 1.13 bits per heavy atom. The first-order chi connectivity index (χ1) is 11.0. The maximum absolute atomic E-state index is 12.4. The second-order valence-electron chi connectivity index (χ2n) is 5.86. The lowest BCUT2D eigenvalue weighted by Gasteiger charge is -2.25. The van der Waals surface area contributed by atoms with Gasteiger partial charge >= 0.3 is 0 Å². The van der Waals surface area contributed by atoms with E-state index in [0.29, 0.717) is 23.3 Å². The molecule has 126 valence electrons. The molecule has 0 aromatic heterocycles. The van der Waals surface area contributed by atoms with E-state index in [0.717, 1.165) is 18.4 Å². The minimum atomic E-state index is 0.0382. The van der Waals surface area contributed by atoms with Crippen molar-refractivity contribution in [2.45, 2.75) is 38.8 Å². The monoisotopic (exact) mass is 319 g/mol. The molecule has 1 saturated carbocycles. The first-order valence-electron chi connectivity index (χ1n) is 7.82. The Labute approximate surface area is 137 Å². The van der Waals surface area contributed by atoms with Crippen molar-refractivity contribution in [2.24, 2.45) is 0 Å². The summed E-state index contributed by atoms with van der Waals surface area (Å²) in [7, 11) is 4.71. The highest BCUT2D eigenvalue weighted by Crippen LogP contribution is 2.38. The van der Waals surface area contributed by atoms with Crippen LogP contribution in [-0.4, -0.2) is 44.2 Å². The van der Waals surface area contributed by atoms with Crippen LogP contribution in [0.2, 0.25) is 0 Å². The van der Waals surface area contributed by atoms with Crippen LogP contribution in [0.3, 0.4) is 0 Å². The maximum Gasteiger partial charge on any atom is 0.247 e. The van der Waals surface area contributed by atoms with E-state index < -0.39 is 0 Å². The Balaban J connectivity index is 2.23. The van der Waals surface area contributed by atoms with E-state index in [-0.39, 0.29) is 11.9 Å². The molecule has 0 saturated heterocycles. The number of amides is 1. The normalized spacial score (nSPS) is 14.2. The van der Waals surface area contributed by atoms with Crippen molar-refractivity contribution in [1.82, 2.24) is 4.90 Å². The molecule has 0 spiro atoms. The summed E-state index contributed by atoms with van der Waals surface area (Å²) in [5.41, 5.74) is 0.826. The number of carbonyl (C=O) groups is 1. The maximum atomic E-state index is 12.4. The molecule has 1 aromatic rings. The number of hydrogen-bond acceptors (Lipinski definition) is 4.